The smallest absolute Gasteiger partial charge is 0.416 e. The summed E-state index contributed by atoms with van der Waals surface area (Å²) in [6.07, 6.45) is -2.60. The molecule has 0 saturated carbocycles. The molecule has 1 aliphatic carbocycles. The number of nitrogens with zero attached hydrogens (tertiary/aromatic N) is 1. The van der Waals surface area contributed by atoms with Crippen molar-refractivity contribution in [1.82, 2.24) is 4.90 Å². The molecule has 30 heavy (non-hydrogen) atoms. The molecule has 2 aromatic rings. The monoisotopic (exact) mass is 413 g/mol. The molecule has 0 radical (unpaired) electrons. The maximum atomic E-state index is 13.1. The van der Waals surface area contributed by atoms with Gasteiger partial charge in [0.15, 0.2) is 0 Å². The number of alkyl halides is 3. The van der Waals surface area contributed by atoms with E-state index in [4.69, 9.17) is 4.74 Å². The Morgan fingerprint density at radius 2 is 1.53 bits per heavy atom. The van der Waals surface area contributed by atoms with E-state index in [1.807, 2.05) is 43.9 Å². The zero-order valence-electron chi connectivity index (χ0n) is 16.9. The summed E-state index contributed by atoms with van der Waals surface area (Å²) in [5.41, 5.74) is 2.76. The molecular weight excluding hydrogens is 391 g/mol. The second-order valence-corrected chi connectivity index (χ2v) is 9.21. The van der Waals surface area contributed by atoms with Gasteiger partial charge in [-0.2, -0.15) is 13.2 Å². The Morgan fingerprint density at radius 1 is 0.933 bits per heavy atom. The van der Waals surface area contributed by atoms with Crippen molar-refractivity contribution in [2.24, 2.45) is 11.8 Å². The van der Waals surface area contributed by atoms with E-state index in [1.54, 1.807) is 0 Å². The summed E-state index contributed by atoms with van der Waals surface area (Å²) in [5.74, 6) is 0.212. The Hall–Kier alpha value is -2.76. The summed E-state index contributed by atoms with van der Waals surface area (Å²) in [4.78, 5) is 14.9. The van der Waals surface area contributed by atoms with Gasteiger partial charge in [0.2, 0.25) is 0 Å². The van der Waals surface area contributed by atoms with Crippen LogP contribution in [-0.2, 0) is 10.9 Å². The topological polar surface area (TPSA) is 29.5 Å². The largest absolute Gasteiger partial charge is 0.444 e. The van der Waals surface area contributed by atoms with Crippen LogP contribution in [0.1, 0.15) is 55.1 Å². The summed E-state index contributed by atoms with van der Waals surface area (Å²) >= 11 is 0. The van der Waals surface area contributed by atoms with Crippen LogP contribution in [-0.4, -0.2) is 16.6 Å². The fraction of sp³-hybridized carbons (Fsp3) is 0.375. The quantitative estimate of drug-likeness (QED) is 0.543. The molecule has 2 bridgehead atoms. The Bertz CT molecular complexity index is 1050. The van der Waals surface area contributed by atoms with Crippen molar-refractivity contribution in [2.75, 3.05) is 0 Å². The number of benzene rings is 2. The average Bonchev–Trinajstić information content (AvgIpc) is 3.07. The van der Waals surface area contributed by atoms with E-state index < -0.39 is 17.3 Å². The molecule has 4 atom stereocenters. The van der Waals surface area contributed by atoms with Gasteiger partial charge >= 0.3 is 12.3 Å². The number of ether oxygens (including phenoxy) is 1. The molecule has 6 heteroatoms. The van der Waals surface area contributed by atoms with Crippen LogP contribution in [0.2, 0.25) is 0 Å². The van der Waals surface area contributed by atoms with Crippen molar-refractivity contribution < 1.29 is 22.7 Å². The number of halogens is 3. The number of fused-ring (bicyclic) bond motifs is 8. The van der Waals surface area contributed by atoms with Gasteiger partial charge in [0.1, 0.15) is 5.60 Å². The lowest BCUT2D eigenvalue weighted by atomic mass is 9.63. The van der Waals surface area contributed by atoms with Gasteiger partial charge in [0.25, 0.3) is 0 Å². The van der Waals surface area contributed by atoms with E-state index in [9.17, 15) is 18.0 Å². The molecule has 3 aliphatic rings. The van der Waals surface area contributed by atoms with Crippen LogP contribution in [0.5, 0.6) is 0 Å². The first-order valence-electron chi connectivity index (χ1n) is 10.1. The summed E-state index contributed by atoms with van der Waals surface area (Å²) in [5, 5.41) is 0. The molecule has 156 valence electrons. The minimum Gasteiger partial charge on any atom is -0.444 e. The second-order valence-electron chi connectivity index (χ2n) is 9.21. The summed E-state index contributed by atoms with van der Waals surface area (Å²) in [6.45, 7) is 5.53. The SMILES string of the molecule is CC(C)(C)OC(=O)N1C2c3ccccc3C1C1C(c3ccc(C(F)(F)F)cc3)=CC12. The Kier molecular flexibility index (Phi) is 3.92. The number of hydrogen-bond acceptors (Lipinski definition) is 2. The van der Waals surface area contributed by atoms with Gasteiger partial charge in [0.05, 0.1) is 17.6 Å². The average molecular weight is 413 g/mol. The molecule has 1 fully saturated rings. The first-order valence-corrected chi connectivity index (χ1v) is 10.1. The second kappa shape index (κ2) is 6.13. The van der Waals surface area contributed by atoms with Crippen LogP contribution in [0.25, 0.3) is 5.57 Å². The van der Waals surface area contributed by atoms with Crippen molar-refractivity contribution >= 4 is 11.7 Å². The minimum absolute atomic E-state index is 0.0640. The molecule has 0 aromatic heterocycles. The van der Waals surface area contributed by atoms with Crippen LogP contribution in [0.15, 0.2) is 54.6 Å². The Labute approximate surface area is 173 Å². The van der Waals surface area contributed by atoms with Gasteiger partial charge in [-0.25, -0.2) is 4.79 Å². The highest BCUT2D eigenvalue weighted by Crippen LogP contribution is 2.67. The summed E-state index contributed by atoms with van der Waals surface area (Å²) in [7, 11) is 0. The van der Waals surface area contributed by atoms with Gasteiger partial charge in [-0.1, -0.05) is 42.5 Å². The molecule has 0 spiro atoms. The van der Waals surface area contributed by atoms with Gasteiger partial charge in [0, 0.05) is 11.8 Å². The van der Waals surface area contributed by atoms with Crippen molar-refractivity contribution in [1.29, 1.82) is 0 Å². The minimum atomic E-state index is -4.35. The Balaban J connectivity index is 1.49. The molecule has 5 rings (SSSR count). The van der Waals surface area contributed by atoms with Crippen LogP contribution < -0.4 is 0 Å². The predicted molar refractivity (Wildman–Crippen MR) is 106 cm³/mol. The van der Waals surface area contributed by atoms with Crippen LogP contribution in [0.4, 0.5) is 18.0 Å². The van der Waals surface area contributed by atoms with Gasteiger partial charge < -0.3 is 4.74 Å². The Morgan fingerprint density at radius 3 is 2.10 bits per heavy atom. The number of carbonyl (C=O) groups is 1. The van der Waals surface area contributed by atoms with E-state index in [2.05, 4.69) is 12.1 Å². The zero-order valence-corrected chi connectivity index (χ0v) is 16.9. The van der Waals surface area contributed by atoms with Crippen molar-refractivity contribution in [2.45, 2.75) is 44.6 Å². The van der Waals surface area contributed by atoms with Crippen molar-refractivity contribution in [3.05, 3.63) is 76.9 Å². The highest BCUT2D eigenvalue weighted by Gasteiger charge is 2.62. The zero-order chi connectivity index (χ0) is 21.4. The van der Waals surface area contributed by atoms with Crippen LogP contribution in [0, 0.1) is 11.8 Å². The highest BCUT2D eigenvalue weighted by atomic mass is 19.4. The fourth-order valence-electron chi connectivity index (χ4n) is 5.14. The standard InChI is InChI=1S/C24H22F3NO2/c1-23(2,3)30-22(29)28-20-15-6-4-5-7-16(15)21(28)19-17(12-18(19)20)13-8-10-14(11-9-13)24(25,26)27/h4-12,18-21H,1-3H3. The van der Waals surface area contributed by atoms with Crippen LogP contribution in [0.3, 0.4) is 0 Å². The molecule has 2 aliphatic heterocycles. The lowest BCUT2D eigenvalue weighted by Crippen LogP contribution is -2.35. The maximum absolute atomic E-state index is 13.1. The van der Waals surface area contributed by atoms with Crippen molar-refractivity contribution in [3.8, 4) is 0 Å². The van der Waals surface area contributed by atoms with E-state index in [0.29, 0.717) is 0 Å². The third-order valence-corrected chi connectivity index (χ3v) is 6.23. The molecule has 1 amide bonds. The van der Waals surface area contributed by atoms with Gasteiger partial charge in [-0.3, -0.25) is 4.90 Å². The fourth-order valence-corrected chi connectivity index (χ4v) is 5.14. The first kappa shape index (κ1) is 19.2. The van der Waals surface area contributed by atoms with Crippen molar-refractivity contribution in [3.63, 3.8) is 0 Å². The van der Waals surface area contributed by atoms with E-state index in [-0.39, 0.29) is 30.0 Å². The summed E-state index contributed by atoms with van der Waals surface area (Å²) < 4.78 is 44.5. The summed E-state index contributed by atoms with van der Waals surface area (Å²) in [6, 6.07) is 13.1. The predicted octanol–water partition coefficient (Wildman–Crippen LogP) is 6.38. The molecular formula is C24H22F3NO2. The van der Waals surface area contributed by atoms with E-state index in [1.165, 1.54) is 12.1 Å². The molecule has 4 unspecified atom stereocenters. The molecule has 1 saturated heterocycles. The molecule has 2 aromatic carbocycles. The molecule has 3 nitrogen and oxygen atoms in total. The normalized spacial score (nSPS) is 26.6. The lowest BCUT2D eigenvalue weighted by Gasteiger charge is -2.38. The number of hydrogen-bond donors (Lipinski definition) is 0. The number of carbonyl (C=O) groups excluding carboxylic acids is 1. The lowest BCUT2D eigenvalue weighted by molar-refractivity contribution is -0.137. The maximum Gasteiger partial charge on any atom is 0.416 e. The third kappa shape index (κ3) is 2.76. The number of rotatable bonds is 1. The van der Waals surface area contributed by atoms with E-state index in [0.717, 1.165) is 34.4 Å². The third-order valence-electron chi connectivity index (χ3n) is 6.23. The van der Waals surface area contributed by atoms with E-state index >= 15 is 0 Å². The van der Waals surface area contributed by atoms with Crippen LogP contribution >= 0.6 is 0 Å². The molecule has 2 heterocycles. The van der Waals surface area contributed by atoms with Gasteiger partial charge in [-0.05, 0) is 55.2 Å². The van der Waals surface area contributed by atoms with Gasteiger partial charge in [-0.15, -0.1) is 0 Å². The first-order chi connectivity index (χ1) is 14.1. The highest BCUT2D eigenvalue weighted by molar-refractivity contribution is 5.81. The molecule has 0 N–H and O–H groups in total. The number of amides is 1.